The molecule has 0 saturated heterocycles. The van der Waals surface area contributed by atoms with Crippen LogP contribution in [0.4, 0.5) is 0 Å². The summed E-state index contributed by atoms with van der Waals surface area (Å²) in [4.78, 5) is 8.46. The summed E-state index contributed by atoms with van der Waals surface area (Å²) in [6.07, 6.45) is 0. The Morgan fingerprint density at radius 2 is 1.62 bits per heavy atom. The molecule has 0 radical (unpaired) electrons. The lowest BCUT2D eigenvalue weighted by atomic mass is 10.2. The van der Waals surface area contributed by atoms with Crippen molar-refractivity contribution in [3.05, 3.63) is 64.9 Å². The third-order valence-electron chi connectivity index (χ3n) is 3.58. The average Bonchev–Trinajstić information content (AvgIpc) is 2.56. The number of benzene rings is 2. The van der Waals surface area contributed by atoms with E-state index in [1.54, 1.807) is 42.5 Å². The zero-order chi connectivity index (χ0) is 17.3. The first-order valence-corrected chi connectivity index (χ1v) is 8.98. The van der Waals surface area contributed by atoms with Crippen LogP contribution in [-0.4, -0.2) is 18.4 Å². The third kappa shape index (κ3) is 2.84. The van der Waals surface area contributed by atoms with Gasteiger partial charge < -0.3 is 0 Å². The van der Waals surface area contributed by atoms with Crippen LogP contribution in [0, 0.1) is 18.3 Å². The zero-order valence-electron chi connectivity index (χ0n) is 12.6. The van der Waals surface area contributed by atoms with Gasteiger partial charge in [0.05, 0.1) is 22.0 Å². The summed E-state index contributed by atoms with van der Waals surface area (Å²) < 4.78 is 25.6. The molecule has 0 unspecified atom stereocenters. The van der Waals surface area contributed by atoms with E-state index in [1.807, 2.05) is 6.92 Å². The number of rotatable bonds is 3. The Morgan fingerprint density at radius 1 is 1.04 bits per heavy atom. The van der Waals surface area contributed by atoms with E-state index in [0.717, 1.165) is 5.56 Å². The van der Waals surface area contributed by atoms with Gasteiger partial charge in [-0.15, -0.1) is 0 Å². The molecule has 0 aliphatic heterocycles. The lowest BCUT2D eigenvalue weighted by Gasteiger charge is -2.12. The summed E-state index contributed by atoms with van der Waals surface area (Å²) in [5.74, 6) is 0. The molecule has 1 aromatic heterocycles. The van der Waals surface area contributed by atoms with Crippen LogP contribution in [0.5, 0.6) is 0 Å². The van der Waals surface area contributed by atoms with Crippen molar-refractivity contribution >= 4 is 32.5 Å². The summed E-state index contributed by atoms with van der Waals surface area (Å²) in [5.41, 5.74) is 1.89. The molecule has 0 N–H and O–H groups in total. The van der Waals surface area contributed by atoms with Gasteiger partial charge in [0, 0.05) is 0 Å². The van der Waals surface area contributed by atoms with Crippen LogP contribution in [0.15, 0.2) is 53.4 Å². The summed E-state index contributed by atoms with van der Waals surface area (Å²) in [5, 5.41) is 7.86. The van der Waals surface area contributed by atoms with Crippen molar-refractivity contribution in [2.24, 2.45) is 0 Å². The average molecular weight is 358 g/mol. The van der Waals surface area contributed by atoms with Crippen molar-refractivity contribution in [1.82, 2.24) is 9.97 Å². The molecular formula is C17H12ClN3O2S. The number of para-hydroxylation sites is 2. The smallest absolute Gasteiger partial charge is 0.200 e. The van der Waals surface area contributed by atoms with Crippen molar-refractivity contribution in [3.63, 3.8) is 0 Å². The van der Waals surface area contributed by atoms with Gasteiger partial charge in [-0.2, -0.15) is 5.26 Å². The first kappa shape index (κ1) is 16.4. The van der Waals surface area contributed by atoms with Crippen molar-refractivity contribution < 1.29 is 8.42 Å². The normalized spacial score (nSPS) is 12.7. The molecule has 3 rings (SSSR count). The molecule has 0 aliphatic rings. The molecule has 7 heteroatoms. The van der Waals surface area contributed by atoms with Gasteiger partial charge in [-0.05, 0) is 31.2 Å². The van der Waals surface area contributed by atoms with Crippen LogP contribution in [-0.2, 0) is 9.84 Å². The highest BCUT2D eigenvalue weighted by atomic mass is 35.5. The molecule has 0 amide bonds. The second kappa shape index (κ2) is 6.19. The molecule has 3 aromatic rings. The first-order chi connectivity index (χ1) is 11.4. The number of fused-ring (bicyclic) bond motifs is 1. The van der Waals surface area contributed by atoms with Gasteiger partial charge in [0.15, 0.2) is 10.4 Å². The molecule has 0 aliphatic carbocycles. The van der Waals surface area contributed by atoms with Crippen molar-refractivity contribution in [3.8, 4) is 6.07 Å². The van der Waals surface area contributed by atoms with Gasteiger partial charge in [0.2, 0.25) is 9.84 Å². The molecule has 2 aromatic carbocycles. The van der Waals surface area contributed by atoms with Gasteiger partial charge in [-0.3, -0.25) is 0 Å². The van der Waals surface area contributed by atoms with Gasteiger partial charge in [0.1, 0.15) is 5.69 Å². The largest absolute Gasteiger partial charge is 0.245 e. The molecule has 1 atom stereocenters. The minimum absolute atomic E-state index is 0.0469. The summed E-state index contributed by atoms with van der Waals surface area (Å²) in [7, 11) is -3.96. The molecule has 0 spiro atoms. The molecule has 0 fully saturated rings. The minimum Gasteiger partial charge on any atom is -0.245 e. The second-order valence-electron chi connectivity index (χ2n) is 5.26. The van der Waals surface area contributed by atoms with Crippen LogP contribution < -0.4 is 0 Å². The lowest BCUT2D eigenvalue weighted by Crippen LogP contribution is -2.15. The van der Waals surface area contributed by atoms with Gasteiger partial charge in [0.25, 0.3) is 0 Å². The Hall–Kier alpha value is -2.49. The van der Waals surface area contributed by atoms with Crippen molar-refractivity contribution in [1.29, 1.82) is 5.26 Å². The number of aryl methyl sites for hydroxylation is 1. The number of sulfone groups is 1. The fourth-order valence-electron chi connectivity index (χ4n) is 2.30. The Balaban J connectivity index is 2.17. The monoisotopic (exact) mass is 357 g/mol. The highest BCUT2D eigenvalue weighted by Gasteiger charge is 2.33. The van der Waals surface area contributed by atoms with Gasteiger partial charge in [-0.1, -0.05) is 41.4 Å². The fourth-order valence-corrected chi connectivity index (χ4v) is 3.99. The van der Waals surface area contributed by atoms with E-state index in [-0.39, 0.29) is 15.7 Å². The summed E-state index contributed by atoms with van der Waals surface area (Å²) >= 11 is 6.11. The van der Waals surface area contributed by atoms with Crippen LogP contribution in [0.1, 0.15) is 16.5 Å². The fraction of sp³-hybridized carbons (Fsp3) is 0.118. The SMILES string of the molecule is Cc1ccc(S(=O)(=O)[C@H](C#N)c2nc3ccccc3nc2Cl)cc1. The van der Waals surface area contributed by atoms with Crippen LogP contribution >= 0.6 is 11.6 Å². The number of hydrogen-bond donors (Lipinski definition) is 0. The van der Waals surface area contributed by atoms with Crippen molar-refractivity contribution in [2.75, 3.05) is 0 Å². The zero-order valence-corrected chi connectivity index (χ0v) is 14.2. The van der Waals surface area contributed by atoms with E-state index in [4.69, 9.17) is 11.6 Å². The Morgan fingerprint density at radius 3 is 2.21 bits per heavy atom. The molecular weight excluding hydrogens is 346 g/mol. The highest BCUT2D eigenvalue weighted by molar-refractivity contribution is 7.92. The number of halogens is 1. The molecule has 0 bridgehead atoms. The lowest BCUT2D eigenvalue weighted by molar-refractivity contribution is 0.590. The van der Waals surface area contributed by atoms with Crippen LogP contribution in [0.25, 0.3) is 11.0 Å². The van der Waals surface area contributed by atoms with Gasteiger partial charge in [-0.25, -0.2) is 18.4 Å². The number of aromatic nitrogens is 2. The Kier molecular flexibility index (Phi) is 4.22. The molecule has 0 saturated carbocycles. The minimum atomic E-state index is -3.96. The van der Waals surface area contributed by atoms with Crippen LogP contribution in [0.2, 0.25) is 5.15 Å². The quantitative estimate of drug-likeness (QED) is 0.714. The third-order valence-corrected chi connectivity index (χ3v) is 5.73. The van der Waals surface area contributed by atoms with E-state index in [1.165, 1.54) is 12.1 Å². The van der Waals surface area contributed by atoms with Crippen molar-refractivity contribution in [2.45, 2.75) is 17.1 Å². The van der Waals surface area contributed by atoms with Gasteiger partial charge >= 0.3 is 0 Å². The van der Waals surface area contributed by atoms with E-state index < -0.39 is 15.1 Å². The molecule has 120 valence electrons. The maximum Gasteiger partial charge on any atom is 0.200 e. The predicted molar refractivity (Wildman–Crippen MR) is 91.3 cm³/mol. The van der Waals surface area contributed by atoms with E-state index in [9.17, 15) is 13.7 Å². The molecule has 24 heavy (non-hydrogen) atoms. The number of nitrogens with zero attached hydrogens (tertiary/aromatic N) is 3. The first-order valence-electron chi connectivity index (χ1n) is 7.06. The topological polar surface area (TPSA) is 83.7 Å². The highest BCUT2D eigenvalue weighted by Crippen LogP contribution is 2.32. The maximum atomic E-state index is 12.8. The maximum absolute atomic E-state index is 12.8. The second-order valence-corrected chi connectivity index (χ2v) is 7.65. The predicted octanol–water partition coefficient (Wildman–Crippen LogP) is 3.63. The van der Waals surface area contributed by atoms with E-state index in [2.05, 4.69) is 9.97 Å². The number of hydrogen-bond acceptors (Lipinski definition) is 5. The molecule has 5 nitrogen and oxygen atoms in total. The van der Waals surface area contributed by atoms with E-state index in [0.29, 0.717) is 11.0 Å². The number of nitriles is 1. The summed E-state index contributed by atoms with van der Waals surface area (Å²) in [6.45, 7) is 1.85. The molecule has 1 heterocycles. The standard InChI is InChI=1S/C17H12ClN3O2S/c1-11-6-8-12(9-7-11)24(22,23)15(10-19)16-17(18)21-14-5-3-2-4-13(14)20-16/h2-9,15H,1H3/t15-/m1/s1. The van der Waals surface area contributed by atoms with E-state index >= 15 is 0 Å². The van der Waals surface area contributed by atoms with Crippen LogP contribution in [0.3, 0.4) is 0 Å². The summed E-state index contributed by atoms with van der Waals surface area (Å²) in [6, 6.07) is 15.0. The Bertz CT molecular complexity index is 1060. The Labute approximate surface area is 144 Å².